The average Bonchev–Trinajstić information content (AvgIpc) is 2.48. The zero-order chi connectivity index (χ0) is 14.7. The molecule has 0 aromatic heterocycles. The number of piperazine rings is 1. The minimum Gasteiger partial charge on any atom is -0.493 e. The maximum Gasteiger partial charge on any atom is 0.161 e. The highest BCUT2D eigenvalue weighted by atomic mass is 16.5. The number of nitrogens with zero attached hydrogens (tertiary/aromatic N) is 2. The molecule has 0 spiro atoms. The smallest absolute Gasteiger partial charge is 0.161 e. The Morgan fingerprint density at radius 2 is 1.95 bits per heavy atom. The van der Waals surface area contributed by atoms with Crippen molar-refractivity contribution in [3.8, 4) is 11.5 Å². The Balaban J connectivity index is 1.63. The summed E-state index contributed by atoms with van der Waals surface area (Å²) < 4.78 is 11.5. The Morgan fingerprint density at radius 1 is 1.19 bits per heavy atom. The molecule has 0 saturated carbocycles. The molecule has 1 aromatic rings. The summed E-state index contributed by atoms with van der Waals surface area (Å²) in [5.41, 5.74) is 1.28. The summed E-state index contributed by atoms with van der Waals surface area (Å²) in [7, 11) is 3.82. The molecule has 0 bridgehead atoms. The second kappa shape index (κ2) is 6.64. The van der Waals surface area contributed by atoms with E-state index >= 15 is 0 Å². The predicted octanol–water partition coefficient (Wildman–Crippen LogP) is 0.793. The van der Waals surface area contributed by atoms with Gasteiger partial charge in [0.25, 0.3) is 0 Å². The number of benzene rings is 1. The Kier molecular flexibility index (Phi) is 4.63. The Hall–Kier alpha value is -1.30. The Bertz CT molecular complexity index is 469. The molecule has 5 nitrogen and oxygen atoms in total. The topological polar surface area (TPSA) is 37.0 Å². The van der Waals surface area contributed by atoms with Crippen molar-refractivity contribution in [3.63, 3.8) is 0 Å². The van der Waals surface area contributed by atoms with E-state index in [4.69, 9.17) is 9.47 Å². The summed E-state index contributed by atoms with van der Waals surface area (Å²) in [5.74, 6) is 1.71. The maximum absolute atomic E-state index is 6.00. The van der Waals surface area contributed by atoms with Gasteiger partial charge in [0, 0.05) is 45.8 Å². The van der Waals surface area contributed by atoms with Gasteiger partial charge in [-0.05, 0) is 24.7 Å². The summed E-state index contributed by atoms with van der Waals surface area (Å²) in [6, 6.07) is 6.32. The number of likely N-dealkylation sites (N-methyl/N-ethyl adjacent to an activating group) is 1. The summed E-state index contributed by atoms with van der Waals surface area (Å²) >= 11 is 0. The number of rotatable bonds is 5. The first-order valence-electron chi connectivity index (χ1n) is 7.70. The average molecular weight is 291 g/mol. The van der Waals surface area contributed by atoms with Crippen LogP contribution in [-0.4, -0.2) is 69.3 Å². The van der Waals surface area contributed by atoms with E-state index in [-0.39, 0.29) is 0 Å². The monoisotopic (exact) mass is 291 g/mol. The SMILES string of the molecule is COc1cc(CN2CCNCC2)ccc1OC1CN(C)C1. The highest BCUT2D eigenvalue weighted by Crippen LogP contribution is 2.30. The number of ether oxygens (including phenoxy) is 2. The molecule has 1 N–H and O–H groups in total. The third-order valence-corrected chi connectivity index (χ3v) is 4.17. The lowest BCUT2D eigenvalue weighted by Crippen LogP contribution is -2.51. The molecule has 2 fully saturated rings. The third-order valence-electron chi connectivity index (χ3n) is 4.17. The van der Waals surface area contributed by atoms with Crippen LogP contribution in [0.15, 0.2) is 18.2 Å². The zero-order valence-electron chi connectivity index (χ0n) is 13.0. The van der Waals surface area contributed by atoms with Gasteiger partial charge in [0.15, 0.2) is 11.5 Å². The third kappa shape index (κ3) is 3.67. The van der Waals surface area contributed by atoms with Gasteiger partial charge < -0.3 is 14.8 Å². The molecule has 0 amide bonds. The largest absolute Gasteiger partial charge is 0.493 e. The second-order valence-electron chi connectivity index (χ2n) is 5.97. The molecule has 1 aromatic carbocycles. The van der Waals surface area contributed by atoms with Crippen LogP contribution in [-0.2, 0) is 6.54 Å². The summed E-state index contributed by atoms with van der Waals surface area (Å²) in [4.78, 5) is 4.71. The van der Waals surface area contributed by atoms with Crippen molar-refractivity contribution in [2.24, 2.45) is 0 Å². The highest BCUT2D eigenvalue weighted by Gasteiger charge is 2.26. The van der Waals surface area contributed by atoms with Crippen molar-refractivity contribution >= 4 is 0 Å². The highest BCUT2D eigenvalue weighted by molar-refractivity contribution is 5.43. The van der Waals surface area contributed by atoms with E-state index in [2.05, 4.69) is 40.4 Å². The van der Waals surface area contributed by atoms with Crippen molar-refractivity contribution in [1.82, 2.24) is 15.1 Å². The van der Waals surface area contributed by atoms with Crippen LogP contribution < -0.4 is 14.8 Å². The quantitative estimate of drug-likeness (QED) is 0.868. The van der Waals surface area contributed by atoms with Crippen molar-refractivity contribution in [1.29, 1.82) is 0 Å². The van der Waals surface area contributed by atoms with Gasteiger partial charge in [0.2, 0.25) is 0 Å². The Morgan fingerprint density at radius 3 is 2.62 bits per heavy atom. The molecule has 0 aliphatic carbocycles. The first-order valence-corrected chi connectivity index (χ1v) is 7.70. The zero-order valence-corrected chi connectivity index (χ0v) is 13.0. The van der Waals surface area contributed by atoms with Crippen molar-refractivity contribution in [3.05, 3.63) is 23.8 Å². The number of nitrogens with one attached hydrogen (secondary N) is 1. The summed E-state index contributed by atoms with van der Waals surface area (Å²) in [6.07, 6.45) is 0.294. The lowest BCUT2D eigenvalue weighted by atomic mass is 10.1. The molecule has 2 aliphatic rings. The summed E-state index contributed by atoms with van der Waals surface area (Å²) in [6.45, 7) is 7.33. The van der Waals surface area contributed by atoms with Gasteiger partial charge in [-0.15, -0.1) is 0 Å². The van der Waals surface area contributed by atoms with Gasteiger partial charge in [-0.1, -0.05) is 6.07 Å². The number of hydrogen-bond acceptors (Lipinski definition) is 5. The molecule has 2 saturated heterocycles. The van der Waals surface area contributed by atoms with Crippen LogP contribution in [0.3, 0.4) is 0 Å². The van der Waals surface area contributed by atoms with Crippen LogP contribution >= 0.6 is 0 Å². The molecule has 2 aliphatic heterocycles. The van der Waals surface area contributed by atoms with Crippen molar-refractivity contribution in [2.75, 3.05) is 53.4 Å². The lowest BCUT2D eigenvalue weighted by molar-refractivity contribution is 0.0369. The molecule has 0 radical (unpaired) electrons. The van der Waals surface area contributed by atoms with Gasteiger partial charge in [0.05, 0.1) is 7.11 Å². The molecule has 3 rings (SSSR count). The molecule has 0 unspecified atom stereocenters. The molecular weight excluding hydrogens is 266 g/mol. The van der Waals surface area contributed by atoms with Crippen LogP contribution in [0.25, 0.3) is 0 Å². The van der Waals surface area contributed by atoms with Crippen LogP contribution in [0.1, 0.15) is 5.56 Å². The van der Waals surface area contributed by atoms with Crippen LogP contribution in [0.4, 0.5) is 0 Å². The van der Waals surface area contributed by atoms with Crippen molar-refractivity contribution in [2.45, 2.75) is 12.6 Å². The Labute approximate surface area is 126 Å². The fraction of sp³-hybridized carbons (Fsp3) is 0.625. The standard InChI is InChI=1S/C16H25N3O2/c1-18-11-14(12-18)21-15-4-3-13(9-16(15)20-2)10-19-7-5-17-6-8-19/h3-4,9,14,17H,5-8,10-12H2,1-2H3. The van der Waals surface area contributed by atoms with E-state index < -0.39 is 0 Å². The van der Waals surface area contributed by atoms with Gasteiger partial charge in [-0.2, -0.15) is 0 Å². The van der Waals surface area contributed by atoms with Gasteiger partial charge in [-0.25, -0.2) is 0 Å². The predicted molar refractivity (Wildman–Crippen MR) is 83.1 cm³/mol. The fourth-order valence-electron chi connectivity index (χ4n) is 2.93. The molecule has 116 valence electrons. The van der Waals surface area contributed by atoms with Gasteiger partial charge in [0.1, 0.15) is 6.10 Å². The fourth-order valence-corrected chi connectivity index (χ4v) is 2.93. The molecule has 5 heteroatoms. The van der Waals surface area contributed by atoms with E-state index in [0.29, 0.717) is 6.10 Å². The second-order valence-corrected chi connectivity index (χ2v) is 5.97. The van der Waals surface area contributed by atoms with Crippen LogP contribution in [0, 0.1) is 0 Å². The molecule has 0 atom stereocenters. The van der Waals surface area contributed by atoms with Gasteiger partial charge >= 0.3 is 0 Å². The van der Waals surface area contributed by atoms with Crippen LogP contribution in [0.2, 0.25) is 0 Å². The molecule has 21 heavy (non-hydrogen) atoms. The van der Waals surface area contributed by atoms with E-state index in [1.165, 1.54) is 5.56 Å². The number of methoxy groups -OCH3 is 1. The van der Waals surface area contributed by atoms with Crippen molar-refractivity contribution < 1.29 is 9.47 Å². The van der Waals surface area contributed by atoms with E-state index in [0.717, 1.165) is 57.3 Å². The minimum atomic E-state index is 0.294. The summed E-state index contributed by atoms with van der Waals surface area (Å²) in [5, 5.41) is 3.38. The lowest BCUT2D eigenvalue weighted by Gasteiger charge is -2.36. The first-order chi connectivity index (χ1) is 10.2. The minimum absolute atomic E-state index is 0.294. The first kappa shape index (κ1) is 14.6. The maximum atomic E-state index is 6.00. The normalized spacial score (nSPS) is 21.0. The van der Waals surface area contributed by atoms with E-state index in [1.54, 1.807) is 7.11 Å². The van der Waals surface area contributed by atoms with Crippen LogP contribution in [0.5, 0.6) is 11.5 Å². The molecule has 2 heterocycles. The number of likely N-dealkylation sites (tertiary alicyclic amines) is 1. The number of hydrogen-bond donors (Lipinski definition) is 1. The van der Waals surface area contributed by atoms with E-state index in [1.807, 2.05) is 0 Å². The van der Waals surface area contributed by atoms with Gasteiger partial charge in [-0.3, -0.25) is 9.80 Å². The van der Waals surface area contributed by atoms with E-state index in [9.17, 15) is 0 Å². The molecular formula is C16H25N3O2.